The van der Waals surface area contributed by atoms with Crippen LogP contribution in [0.25, 0.3) is 11.1 Å². The van der Waals surface area contributed by atoms with Gasteiger partial charge in [0, 0.05) is 0 Å². The number of nitrogens with one attached hydrogen (secondary N) is 1. The maximum atomic E-state index is 13.4. The van der Waals surface area contributed by atoms with Crippen molar-refractivity contribution < 1.29 is 31.9 Å². The zero-order valence-electron chi connectivity index (χ0n) is 18.9. The summed E-state index contributed by atoms with van der Waals surface area (Å²) in [7, 11) is -4.12. The topological polar surface area (TPSA) is 98.8 Å². The van der Waals surface area contributed by atoms with Crippen molar-refractivity contribution in [3.8, 4) is 11.1 Å². The van der Waals surface area contributed by atoms with Crippen molar-refractivity contribution in [3.63, 3.8) is 0 Å². The van der Waals surface area contributed by atoms with Crippen LogP contribution in [0.2, 0.25) is 0 Å². The molecule has 3 aromatic carbocycles. The van der Waals surface area contributed by atoms with Crippen LogP contribution in [0.4, 0.5) is 10.1 Å². The summed E-state index contributed by atoms with van der Waals surface area (Å²) in [4.78, 5) is 24.9. The molecule has 0 fully saturated rings. The van der Waals surface area contributed by atoms with E-state index >= 15 is 0 Å². The molecule has 3 aromatic rings. The lowest BCUT2D eigenvalue weighted by molar-refractivity contribution is 0.0480. The molecule has 9 heteroatoms. The standard InChI is InChI=1S/C25H24FNO6S/c1-4-32-24(28)21-7-6-8-22(23(21)25(29)33-5-2)27-34(30,31)19-12-9-17(10-13-19)20-14-11-18(26)15-16(20)3/h6-15,27H,4-5H2,1-3H3. The number of aryl methyl sites for hydroxylation is 1. The van der Waals surface area contributed by atoms with Crippen LogP contribution in [0.15, 0.2) is 65.6 Å². The fourth-order valence-corrected chi connectivity index (χ4v) is 4.48. The maximum absolute atomic E-state index is 13.4. The van der Waals surface area contributed by atoms with Gasteiger partial charge in [-0.25, -0.2) is 22.4 Å². The second-order valence-electron chi connectivity index (χ2n) is 7.26. The maximum Gasteiger partial charge on any atom is 0.341 e. The predicted octanol–water partition coefficient (Wildman–Crippen LogP) is 4.96. The highest BCUT2D eigenvalue weighted by molar-refractivity contribution is 7.92. The number of benzene rings is 3. The van der Waals surface area contributed by atoms with Crippen molar-refractivity contribution in [1.82, 2.24) is 0 Å². The molecule has 0 saturated carbocycles. The van der Waals surface area contributed by atoms with Gasteiger partial charge in [0.1, 0.15) is 5.82 Å². The van der Waals surface area contributed by atoms with Gasteiger partial charge in [0.05, 0.1) is 34.9 Å². The third kappa shape index (κ3) is 5.43. The van der Waals surface area contributed by atoms with Crippen LogP contribution in [-0.4, -0.2) is 33.6 Å². The van der Waals surface area contributed by atoms with Crippen molar-refractivity contribution in [1.29, 1.82) is 0 Å². The highest BCUT2D eigenvalue weighted by Gasteiger charge is 2.26. The van der Waals surface area contributed by atoms with E-state index in [1.54, 1.807) is 39.0 Å². The lowest BCUT2D eigenvalue weighted by Gasteiger charge is -2.15. The minimum atomic E-state index is -4.12. The van der Waals surface area contributed by atoms with Gasteiger partial charge in [-0.1, -0.05) is 24.3 Å². The van der Waals surface area contributed by atoms with Crippen LogP contribution in [0, 0.1) is 12.7 Å². The van der Waals surface area contributed by atoms with Crippen LogP contribution in [0.5, 0.6) is 0 Å². The summed E-state index contributed by atoms with van der Waals surface area (Å²) in [5.74, 6) is -1.98. The first-order chi connectivity index (χ1) is 16.2. The molecule has 178 valence electrons. The zero-order chi connectivity index (χ0) is 24.9. The normalized spacial score (nSPS) is 11.1. The largest absolute Gasteiger partial charge is 0.462 e. The quantitative estimate of drug-likeness (QED) is 0.453. The number of sulfonamides is 1. The Bertz CT molecular complexity index is 1320. The van der Waals surface area contributed by atoms with Gasteiger partial charge >= 0.3 is 11.9 Å². The van der Waals surface area contributed by atoms with E-state index in [1.165, 1.54) is 42.5 Å². The number of carbonyl (C=O) groups is 2. The highest BCUT2D eigenvalue weighted by Crippen LogP contribution is 2.28. The molecule has 0 aliphatic rings. The molecule has 34 heavy (non-hydrogen) atoms. The number of hydrogen-bond donors (Lipinski definition) is 1. The fraction of sp³-hybridized carbons (Fsp3) is 0.200. The molecule has 0 radical (unpaired) electrons. The molecule has 0 aliphatic heterocycles. The predicted molar refractivity (Wildman–Crippen MR) is 126 cm³/mol. The number of halogens is 1. The SMILES string of the molecule is CCOC(=O)c1cccc(NS(=O)(=O)c2ccc(-c3ccc(F)cc3C)cc2)c1C(=O)OCC. The van der Waals surface area contributed by atoms with E-state index in [0.717, 1.165) is 5.56 Å². The molecule has 0 heterocycles. The molecule has 0 saturated heterocycles. The third-order valence-electron chi connectivity index (χ3n) is 4.95. The van der Waals surface area contributed by atoms with Gasteiger partial charge in [0.15, 0.2) is 0 Å². The highest BCUT2D eigenvalue weighted by atomic mass is 32.2. The molecule has 0 unspecified atom stereocenters. The number of anilines is 1. The molecule has 0 atom stereocenters. The second-order valence-corrected chi connectivity index (χ2v) is 8.94. The Hall–Kier alpha value is -3.72. The van der Waals surface area contributed by atoms with Gasteiger partial charge in [0.2, 0.25) is 0 Å². The van der Waals surface area contributed by atoms with Gasteiger partial charge in [-0.3, -0.25) is 4.72 Å². The van der Waals surface area contributed by atoms with Crippen molar-refractivity contribution in [2.75, 3.05) is 17.9 Å². The monoisotopic (exact) mass is 485 g/mol. The summed E-state index contributed by atoms with van der Waals surface area (Å²) in [5, 5.41) is 0. The summed E-state index contributed by atoms with van der Waals surface area (Å²) in [6.45, 7) is 5.09. The minimum Gasteiger partial charge on any atom is -0.462 e. The summed E-state index contributed by atoms with van der Waals surface area (Å²) in [5.41, 5.74) is 1.75. The van der Waals surface area contributed by atoms with Crippen molar-refractivity contribution in [2.24, 2.45) is 0 Å². The summed E-state index contributed by atoms with van der Waals surface area (Å²) < 4.78 is 51.9. The first-order valence-electron chi connectivity index (χ1n) is 10.5. The smallest absolute Gasteiger partial charge is 0.341 e. The first-order valence-corrected chi connectivity index (χ1v) is 12.0. The lowest BCUT2D eigenvalue weighted by atomic mass is 10.0. The fourth-order valence-electron chi connectivity index (χ4n) is 3.41. The van der Waals surface area contributed by atoms with Crippen molar-refractivity contribution >= 4 is 27.6 Å². The van der Waals surface area contributed by atoms with Gasteiger partial charge in [-0.2, -0.15) is 0 Å². The van der Waals surface area contributed by atoms with Gasteiger partial charge in [0.25, 0.3) is 10.0 Å². The van der Waals surface area contributed by atoms with Crippen LogP contribution in [0.1, 0.15) is 40.1 Å². The molecule has 7 nitrogen and oxygen atoms in total. The first kappa shape index (κ1) is 24.9. The molecular weight excluding hydrogens is 461 g/mol. The van der Waals surface area contributed by atoms with E-state index in [-0.39, 0.29) is 40.7 Å². The van der Waals surface area contributed by atoms with E-state index in [9.17, 15) is 22.4 Å². The number of carbonyl (C=O) groups excluding carboxylic acids is 2. The molecule has 0 aliphatic carbocycles. The Balaban J connectivity index is 1.97. The van der Waals surface area contributed by atoms with E-state index in [0.29, 0.717) is 11.1 Å². The van der Waals surface area contributed by atoms with E-state index in [4.69, 9.17) is 9.47 Å². The molecule has 0 aromatic heterocycles. The lowest BCUT2D eigenvalue weighted by Crippen LogP contribution is -2.20. The molecule has 1 N–H and O–H groups in total. The Morgan fingerprint density at radius 2 is 1.56 bits per heavy atom. The van der Waals surface area contributed by atoms with Crippen molar-refractivity contribution in [3.05, 3.63) is 83.2 Å². The summed E-state index contributed by atoms with van der Waals surface area (Å²) in [6, 6.07) is 14.5. The van der Waals surface area contributed by atoms with E-state index in [1.807, 2.05) is 0 Å². The molecule has 0 bridgehead atoms. The molecule has 3 rings (SSSR count). The average Bonchev–Trinajstić information content (AvgIpc) is 2.79. The van der Waals surface area contributed by atoms with Crippen LogP contribution >= 0.6 is 0 Å². The third-order valence-corrected chi connectivity index (χ3v) is 6.33. The van der Waals surface area contributed by atoms with E-state index < -0.39 is 22.0 Å². The van der Waals surface area contributed by atoms with E-state index in [2.05, 4.69) is 4.72 Å². The Kier molecular flexibility index (Phi) is 7.68. The Labute approximate surface area is 197 Å². The Morgan fingerprint density at radius 1 is 0.912 bits per heavy atom. The number of rotatable bonds is 8. The Morgan fingerprint density at radius 3 is 2.18 bits per heavy atom. The second kappa shape index (κ2) is 10.5. The minimum absolute atomic E-state index is 0.0342. The van der Waals surface area contributed by atoms with Gasteiger partial charge in [-0.15, -0.1) is 0 Å². The molecule has 0 amide bonds. The molecule has 0 spiro atoms. The molecular formula is C25H24FNO6S. The number of hydrogen-bond acceptors (Lipinski definition) is 6. The summed E-state index contributed by atoms with van der Waals surface area (Å²) in [6.07, 6.45) is 0. The number of esters is 2. The van der Waals surface area contributed by atoms with Crippen LogP contribution < -0.4 is 4.72 Å². The zero-order valence-corrected chi connectivity index (χ0v) is 19.7. The van der Waals surface area contributed by atoms with Gasteiger partial charge < -0.3 is 9.47 Å². The average molecular weight is 486 g/mol. The van der Waals surface area contributed by atoms with Gasteiger partial charge in [-0.05, 0) is 73.9 Å². The van der Waals surface area contributed by atoms with Crippen LogP contribution in [0.3, 0.4) is 0 Å². The van der Waals surface area contributed by atoms with Crippen LogP contribution in [-0.2, 0) is 19.5 Å². The van der Waals surface area contributed by atoms with Crippen molar-refractivity contribution in [2.45, 2.75) is 25.7 Å². The number of ether oxygens (including phenoxy) is 2. The summed E-state index contributed by atoms with van der Waals surface area (Å²) >= 11 is 0.